The minimum Gasteiger partial charge on any atom is -0.314 e. The maximum Gasteiger partial charge on any atom is 0.0108 e. The molecule has 2 aromatic rings. The van der Waals surface area contributed by atoms with E-state index in [9.17, 15) is 0 Å². The second-order valence-electron chi connectivity index (χ2n) is 8.82. The van der Waals surface area contributed by atoms with Crippen LogP contribution in [0.25, 0.3) is 5.57 Å². The molecule has 2 unspecified atom stereocenters. The van der Waals surface area contributed by atoms with Gasteiger partial charge in [0.05, 0.1) is 0 Å². The van der Waals surface area contributed by atoms with Crippen LogP contribution in [0, 0.1) is 0 Å². The van der Waals surface area contributed by atoms with Gasteiger partial charge in [0.15, 0.2) is 0 Å². The molecule has 2 aliphatic carbocycles. The molecule has 1 aliphatic heterocycles. The van der Waals surface area contributed by atoms with Crippen molar-refractivity contribution < 1.29 is 0 Å². The van der Waals surface area contributed by atoms with Crippen molar-refractivity contribution in [2.45, 2.75) is 70.3 Å². The molecular weight excluding hydrogens is 326 g/mol. The predicted molar refractivity (Wildman–Crippen MR) is 114 cm³/mol. The number of aryl methyl sites for hydroxylation is 2. The van der Waals surface area contributed by atoms with Gasteiger partial charge in [-0.2, -0.15) is 0 Å². The van der Waals surface area contributed by atoms with Crippen molar-refractivity contribution in [1.82, 2.24) is 5.32 Å². The molecule has 1 heteroatoms. The molecule has 0 spiro atoms. The van der Waals surface area contributed by atoms with Crippen LogP contribution in [0.4, 0.5) is 0 Å². The molecule has 0 saturated carbocycles. The highest BCUT2D eigenvalue weighted by molar-refractivity contribution is 5.79. The zero-order valence-electron chi connectivity index (χ0n) is 16.6. The van der Waals surface area contributed by atoms with E-state index in [1.54, 1.807) is 33.4 Å². The lowest BCUT2D eigenvalue weighted by Crippen LogP contribution is -2.34. The Bertz CT molecular complexity index is 855. The number of piperidine rings is 1. The first-order valence-electron chi connectivity index (χ1n) is 10.9. The molecule has 140 valence electrons. The maximum absolute atomic E-state index is 3.78. The van der Waals surface area contributed by atoms with Crippen molar-refractivity contribution in [3.8, 4) is 0 Å². The Morgan fingerprint density at radius 2 is 1.74 bits per heavy atom. The van der Waals surface area contributed by atoms with Crippen LogP contribution < -0.4 is 5.32 Å². The van der Waals surface area contributed by atoms with E-state index in [-0.39, 0.29) is 0 Å². The van der Waals surface area contributed by atoms with Gasteiger partial charge in [0.25, 0.3) is 0 Å². The molecule has 0 amide bonds. The van der Waals surface area contributed by atoms with Crippen molar-refractivity contribution in [2.75, 3.05) is 6.54 Å². The lowest BCUT2D eigenvalue weighted by atomic mass is 9.88. The molecule has 2 aromatic carbocycles. The van der Waals surface area contributed by atoms with Crippen LogP contribution in [-0.4, -0.2) is 12.6 Å². The summed E-state index contributed by atoms with van der Waals surface area (Å²) in [4.78, 5) is 0. The van der Waals surface area contributed by atoms with Crippen LogP contribution in [-0.2, 0) is 19.3 Å². The van der Waals surface area contributed by atoms with Crippen LogP contribution in [0.3, 0.4) is 0 Å². The fourth-order valence-corrected chi connectivity index (χ4v) is 5.58. The third-order valence-corrected chi connectivity index (χ3v) is 7.11. The lowest BCUT2D eigenvalue weighted by molar-refractivity contribution is 0.406. The summed E-state index contributed by atoms with van der Waals surface area (Å²) >= 11 is 0. The number of benzene rings is 2. The average Bonchev–Trinajstić information content (AvgIpc) is 3.26. The zero-order chi connectivity index (χ0) is 18.2. The number of fused-ring (bicyclic) bond motifs is 2. The molecule has 1 N–H and O–H groups in total. The van der Waals surface area contributed by atoms with Crippen LogP contribution in [0.15, 0.2) is 48.0 Å². The molecule has 1 saturated heterocycles. The van der Waals surface area contributed by atoms with E-state index in [1.165, 1.54) is 57.1 Å². The Kier molecular flexibility index (Phi) is 4.65. The lowest BCUT2D eigenvalue weighted by Gasteiger charge is -2.24. The third-order valence-electron chi connectivity index (χ3n) is 7.11. The Labute approximate surface area is 163 Å². The molecule has 0 bridgehead atoms. The summed E-state index contributed by atoms with van der Waals surface area (Å²) in [5.74, 6) is 0.562. The molecular formula is C26H31N. The number of rotatable bonds is 4. The van der Waals surface area contributed by atoms with Gasteiger partial charge in [-0.25, -0.2) is 0 Å². The highest BCUT2D eigenvalue weighted by Gasteiger charge is 2.32. The molecule has 1 heterocycles. The molecule has 1 nitrogen and oxygen atoms in total. The summed E-state index contributed by atoms with van der Waals surface area (Å²) in [6.07, 6.45) is 10.3. The summed E-state index contributed by atoms with van der Waals surface area (Å²) in [6.45, 7) is 3.61. The summed E-state index contributed by atoms with van der Waals surface area (Å²) in [7, 11) is 0. The second kappa shape index (κ2) is 7.28. The summed E-state index contributed by atoms with van der Waals surface area (Å²) in [5, 5.41) is 3.78. The molecule has 5 rings (SSSR count). The van der Waals surface area contributed by atoms with Crippen LogP contribution in [0.5, 0.6) is 0 Å². The minimum absolute atomic E-state index is 0.562. The SMILES string of the molecule is CC1=C(CC2CCCCN2)c2cc3c(cc2C1Cc1ccccc1)CCC3. The average molecular weight is 358 g/mol. The summed E-state index contributed by atoms with van der Waals surface area (Å²) in [6, 6.07) is 16.9. The van der Waals surface area contributed by atoms with E-state index in [1.807, 2.05) is 0 Å². The van der Waals surface area contributed by atoms with E-state index in [4.69, 9.17) is 0 Å². The Balaban J connectivity index is 1.52. The van der Waals surface area contributed by atoms with Gasteiger partial charge in [0.2, 0.25) is 0 Å². The van der Waals surface area contributed by atoms with Crippen LogP contribution in [0.1, 0.15) is 72.8 Å². The standard InChI is InChI=1S/C26H31N/c1-18-23(14-19-8-3-2-4-9-19)25-15-20-10-7-11-21(20)16-26(25)24(18)17-22-12-5-6-13-27-22/h2-4,8-9,15-16,22-23,27H,5-7,10-14,17H2,1H3. The van der Waals surface area contributed by atoms with Gasteiger partial charge in [-0.15, -0.1) is 0 Å². The Hall–Kier alpha value is -1.86. The third kappa shape index (κ3) is 3.27. The van der Waals surface area contributed by atoms with Gasteiger partial charge < -0.3 is 5.32 Å². The van der Waals surface area contributed by atoms with Gasteiger partial charge >= 0.3 is 0 Å². The summed E-state index contributed by atoms with van der Waals surface area (Å²) in [5.41, 5.74) is 11.2. The first-order chi connectivity index (χ1) is 13.3. The topological polar surface area (TPSA) is 12.0 Å². The smallest absolute Gasteiger partial charge is 0.0108 e. The Morgan fingerprint density at radius 1 is 0.926 bits per heavy atom. The number of hydrogen-bond donors (Lipinski definition) is 1. The molecule has 27 heavy (non-hydrogen) atoms. The quantitative estimate of drug-likeness (QED) is 0.727. The number of hydrogen-bond acceptors (Lipinski definition) is 1. The first kappa shape index (κ1) is 17.3. The number of allylic oxidation sites excluding steroid dienone is 1. The van der Waals surface area contributed by atoms with E-state index in [0.29, 0.717) is 12.0 Å². The van der Waals surface area contributed by atoms with E-state index < -0.39 is 0 Å². The molecule has 1 fully saturated rings. The van der Waals surface area contributed by atoms with Crippen LogP contribution >= 0.6 is 0 Å². The fourth-order valence-electron chi connectivity index (χ4n) is 5.58. The molecule has 0 radical (unpaired) electrons. The van der Waals surface area contributed by atoms with Gasteiger partial charge in [0, 0.05) is 12.0 Å². The highest BCUT2D eigenvalue weighted by Crippen LogP contribution is 2.47. The van der Waals surface area contributed by atoms with Gasteiger partial charge in [-0.1, -0.05) is 54.5 Å². The van der Waals surface area contributed by atoms with Crippen molar-refractivity contribution in [2.24, 2.45) is 0 Å². The largest absolute Gasteiger partial charge is 0.314 e. The second-order valence-corrected chi connectivity index (χ2v) is 8.82. The van der Waals surface area contributed by atoms with Gasteiger partial charge in [-0.05, 0) is 91.8 Å². The van der Waals surface area contributed by atoms with Crippen molar-refractivity contribution >= 4 is 5.57 Å². The van der Waals surface area contributed by atoms with Crippen LogP contribution in [0.2, 0.25) is 0 Å². The maximum atomic E-state index is 3.78. The zero-order valence-corrected chi connectivity index (χ0v) is 16.6. The number of nitrogens with one attached hydrogen (secondary N) is 1. The van der Waals surface area contributed by atoms with E-state index >= 15 is 0 Å². The van der Waals surface area contributed by atoms with E-state index in [0.717, 1.165) is 6.42 Å². The predicted octanol–water partition coefficient (Wildman–Crippen LogP) is 5.82. The molecule has 2 atom stereocenters. The van der Waals surface area contributed by atoms with E-state index in [2.05, 4.69) is 54.7 Å². The highest BCUT2D eigenvalue weighted by atomic mass is 14.9. The monoisotopic (exact) mass is 357 g/mol. The van der Waals surface area contributed by atoms with Crippen molar-refractivity contribution in [1.29, 1.82) is 0 Å². The van der Waals surface area contributed by atoms with Gasteiger partial charge in [-0.3, -0.25) is 0 Å². The van der Waals surface area contributed by atoms with Crippen molar-refractivity contribution in [3.63, 3.8) is 0 Å². The fraction of sp³-hybridized carbons (Fsp3) is 0.462. The Morgan fingerprint density at radius 3 is 2.52 bits per heavy atom. The normalized spacial score (nSPS) is 24.2. The first-order valence-corrected chi connectivity index (χ1v) is 10.9. The molecule has 3 aliphatic rings. The molecule has 0 aromatic heterocycles. The minimum atomic E-state index is 0.562. The van der Waals surface area contributed by atoms with Crippen molar-refractivity contribution in [3.05, 3.63) is 75.9 Å². The van der Waals surface area contributed by atoms with Gasteiger partial charge in [0.1, 0.15) is 0 Å². The summed E-state index contributed by atoms with van der Waals surface area (Å²) < 4.78 is 0.